The standard InChI is InChI=1S/C15H23BrN4O2/c1-11(21)22-10-17-13-5-3-12(4-6-13)9-20(2)15-8-7-14(16)18-19-15/h7-8,12-13,17H,3-6,9-10H2,1-2H3/t12-,13-. The third kappa shape index (κ3) is 5.53. The maximum atomic E-state index is 10.7. The van der Waals surface area contributed by atoms with Crippen molar-refractivity contribution < 1.29 is 9.53 Å². The summed E-state index contributed by atoms with van der Waals surface area (Å²) in [6.45, 7) is 2.74. The average molecular weight is 371 g/mol. The van der Waals surface area contributed by atoms with E-state index in [1.165, 1.54) is 19.8 Å². The first kappa shape index (κ1) is 17.1. The van der Waals surface area contributed by atoms with E-state index in [0.29, 0.717) is 18.7 Å². The second kappa shape index (κ2) is 8.43. The van der Waals surface area contributed by atoms with E-state index in [1.54, 1.807) is 0 Å². The number of rotatable bonds is 6. The summed E-state index contributed by atoms with van der Waals surface area (Å²) >= 11 is 3.30. The molecule has 0 spiro atoms. The van der Waals surface area contributed by atoms with Gasteiger partial charge in [-0.05, 0) is 59.7 Å². The number of hydrogen-bond donors (Lipinski definition) is 1. The Kier molecular flexibility index (Phi) is 6.57. The lowest BCUT2D eigenvalue weighted by atomic mass is 9.86. The number of ether oxygens (including phenoxy) is 1. The van der Waals surface area contributed by atoms with Crippen LogP contribution in [0.5, 0.6) is 0 Å². The zero-order valence-corrected chi connectivity index (χ0v) is 14.7. The Balaban J connectivity index is 1.70. The maximum Gasteiger partial charge on any atom is 0.303 e. The normalized spacial score (nSPS) is 21.4. The Labute approximate surface area is 139 Å². The predicted octanol–water partition coefficient (Wildman–Crippen LogP) is 2.34. The van der Waals surface area contributed by atoms with E-state index in [4.69, 9.17) is 4.74 Å². The second-order valence-corrected chi connectivity index (χ2v) is 6.61. The Bertz CT molecular complexity index is 475. The van der Waals surface area contributed by atoms with E-state index in [2.05, 4.69) is 43.4 Å². The minimum absolute atomic E-state index is 0.238. The summed E-state index contributed by atoms with van der Waals surface area (Å²) in [5.41, 5.74) is 0. The van der Waals surface area contributed by atoms with Crippen LogP contribution in [0.3, 0.4) is 0 Å². The summed E-state index contributed by atoms with van der Waals surface area (Å²) in [6.07, 6.45) is 4.58. The van der Waals surface area contributed by atoms with E-state index >= 15 is 0 Å². The molecule has 0 unspecified atom stereocenters. The minimum Gasteiger partial charge on any atom is -0.450 e. The second-order valence-electron chi connectivity index (χ2n) is 5.80. The van der Waals surface area contributed by atoms with Crippen LogP contribution >= 0.6 is 15.9 Å². The van der Waals surface area contributed by atoms with Gasteiger partial charge in [-0.3, -0.25) is 10.1 Å². The Hall–Kier alpha value is -1.21. The topological polar surface area (TPSA) is 67.3 Å². The molecule has 6 nitrogen and oxygen atoms in total. The van der Waals surface area contributed by atoms with Gasteiger partial charge in [0.25, 0.3) is 0 Å². The highest BCUT2D eigenvalue weighted by Gasteiger charge is 2.22. The predicted molar refractivity (Wildman–Crippen MR) is 88.5 cm³/mol. The summed E-state index contributed by atoms with van der Waals surface area (Å²) in [7, 11) is 2.06. The minimum atomic E-state index is -0.238. The number of aromatic nitrogens is 2. The molecule has 0 aromatic carbocycles. The van der Waals surface area contributed by atoms with Crippen molar-refractivity contribution in [1.29, 1.82) is 0 Å². The summed E-state index contributed by atoms with van der Waals surface area (Å²) in [6, 6.07) is 4.34. The zero-order chi connectivity index (χ0) is 15.9. The Morgan fingerprint density at radius 1 is 1.36 bits per heavy atom. The third-order valence-corrected chi connectivity index (χ3v) is 4.46. The molecule has 1 aromatic rings. The molecule has 122 valence electrons. The highest BCUT2D eigenvalue weighted by atomic mass is 79.9. The van der Waals surface area contributed by atoms with Gasteiger partial charge in [0.2, 0.25) is 0 Å². The quantitative estimate of drug-likeness (QED) is 0.612. The van der Waals surface area contributed by atoms with Crippen molar-refractivity contribution in [1.82, 2.24) is 15.5 Å². The fourth-order valence-electron chi connectivity index (χ4n) is 2.80. The van der Waals surface area contributed by atoms with Crippen molar-refractivity contribution in [2.45, 2.75) is 38.6 Å². The molecule has 1 fully saturated rings. The highest BCUT2D eigenvalue weighted by Crippen LogP contribution is 2.26. The molecule has 1 aromatic heterocycles. The zero-order valence-electron chi connectivity index (χ0n) is 13.1. The molecule has 1 saturated carbocycles. The van der Waals surface area contributed by atoms with Crippen molar-refractivity contribution >= 4 is 27.7 Å². The highest BCUT2D eigenvalue weighted by molar-refractivity contribution is 9.10. The van der Waals surface area contributed by atoms with Gasteiger partial charge in [0.1, 0.15) is 11.3 Å². The van der Waals surface area contributed by atoms with E-state index in [0.717, 1.165) is 29.8 Å². The van der Waals surface area contributed by atoms with Gasteiger partial charge in [0.05, 0.1) is 0 Å². The van der Waals surface area contributed by atoms with Crippen molar-refractivity contribution in [3.63, 3.8) is 0 Å². The molecular weight excluding hydrogens is 348 g/mol. The molecule has 0 bridgehead atoms. The fraction of sp³-hybridized carbons (Fsp3) is 0.667. The van der Waals surface area contributed by atoms with Gasteiger partial charge in [-0.15, -0.1) is 10.2 Å². The molecule has 7 heteroatoms. The number of anilines is 1. The number of esters is 1. The number of carbonyl (C=O) groups excluding carboxylic acids is 1. The van der Waals surface area contributed by atoms with Crippen molar-refractivity contribution in [2.24, 2.45) is 5.92 Å². The molecule has 0 radical (unpaired) electrons. The van der Waals surface area contributed by atoms with Crippen molar-refractivity contribution in [3.8, 4) is 0 Å². The number of nitrogens with zero attached hydrogens (tertiary/aromatic N) is 3. The van der Waals surface area contributed by atoms with Gasteiger partial charge < -0.3 is 9.64 Å². The maximum absolute atomic E-state index is 10.7. The van der Waals surface area contributed by atoms with Crippen LogP contribution in [0.2, 0.25) is 0 Å². The molecule has 1 aliphatic carbocycles. The van der Waals surface area contributed by atoms with Crippen LogP contribution < -0.4 is 10.2 Å². The Morgan fingerprint density at radius 3 is 2.68 bits per heavy atom. The fourth-order valence-corrected chi connectivity index (χ4v) is 3.02. The molecule has 0 saturated heterocycles. The van der Waals surface area contributed by atoms with Crippen LogP contribution in [0.25, 0.3) is 0 Å². The number of nitrogens with one attached hydrogen (secondary N) is 1. The SMILES string of the molecule is CC(=O)OCN[C@H]1CC[C@H](CN(C)c2ccc(Br)nn2)CC1. The number of hydrogen-bond acceptors (Lipinski definition) is 6. The summed E-state index contributed by atoms with van der Waals surface area (Å²) in [5, 5.41) is 11.5. The van der Waals surface area contributed by atoms with E-state index in [-0.39, 0.29) is 5.97 Å². The monoisotopic (exact) mass is 370 g/mol. The molecule has 2 rings (SSSR count). The van der Waals surface area contributed by atoms with Gasteiger partial charge in [-0.1, -0.05) is 0 Å². The van der Waals surface area contributed by atoms with Gasteiger partial charge in [-0.25, -0.2) is 0 Å². The Morgan fingerprint density at radius 2 is 2.09 bits per heavy atom. The third-order valence-electron chi connectivity index (χ3n) is 4.04. The molecule has 1 aliphatic rings. The summed E-state index contributed by atoms with van der Waals surface area (Å²) in [5.74, 6) is 1.33. The van der Waals surface area contributed by atoms with Crippen LogP contribution in [0.4, 0.5) is 5.82 Å². The first-order chi connectivity index (χ1) is 10.5. The smallest absolute Gasteiger partial charge is 0.303 e. The lowest BCUT2D eigenvalue weighted by Crippen LogP contribution is -2.37. The van der Waals surface area contributed by atoms with Gasteiger partial charge in [0.15, 0.2) is 5.82 Å². The first-order valence-electron chi connectivity index (χ1n) is 7.61. The average Bonchev–Trinajstić information content (AvgIpc) is 2.49. The van der Waals surface area contributed by atoms with Gasteiger partial charge >= 0.3 is 5.97 Å². The molecule has 22 heavy (non-hydrogen) atoms. The van der Waals surface area contributed by atoms with E-state index in [9.17, 15) is 4.79 Å². The largest absolute Gasteiger partial charge is 0.450 e. The van der Waals surface area contributed by atoms with Gasteiger partial charge in [-0.2, -0.15) is 0 Å². The van der Waals surface area contributed by atoms with Crippen LogP contribution in [0.15, 0.2) is 16.7 Å². The van der Waals surface area contributed by atoms with Crippen LogP contribution in [0, 0.1) is 5.92 Å². The van der Waals surface area contributed by atoms with Gasteiger partial charge in [0, 0.05) is 26.6 Å². The lowest BCUT2D eigenvalue weighted by Gasteiger charge is -2.31. The number of carbonyl (C=O) groups is 1. The van der Waals surface area contributed by atoms with Crippen LogP contribution in [0.1, 0.15) is 32.6 Å². The molecule has 1 N–H and O–H groups in total. The first-order valence-corrected chi connectivity index (χ1v) is 8.41. The van der Waals surface area contributed by atoms with E-state index < -0.39 is 0 Å². The number of halogens is 1. The van der Waals surface area contributed by atoms with Crippen LogP contribution in [-0.4, -0.2) is 42.5 Å². The van der Waals surface area contributed by atoms with Crippen molar-refractivity contribution in [2.75, 3.05) is 25.2 Å². The molecule has 0 amide bonds. The summed E-state index contributed by atoms with van der Waals surface area (Å²) in [4.78, 5) is 12.9. The lowest BCUT2D eigenvalue weighted by molar-refractivity contribution is -0.142. The molecule has 0 aliphatic heterocycles. The summed E-state index contributed by atoms with van der Waals surface area (Å²) < 4.78 is 5.68. The molecule has 1 heterocycles. The molecule has 0 atom stereocenters. The van der Waals surface area contributed by atoms with E-state index in [1.807, 2.05) is 12.1 Å². The molecular formula is C15H23BrN4O2. The van der Waals surface area contributed by atoms with Crippen LogP contribution in [-0.2, 0) is 9.53 Å². The van der Waals surface area contributed by atoms with Crippen molar-refractivity contribution in [3.05, 3.63) is 16.7 Å².